The molecule has 0 bridgehead atoms. The van der Waals surface area contributed by atoms with Gasteiger partial charge in [-0.2, -0.15) is 0 Å². The summed E-state index contributed by atoms with van der Waals surface area (Å²) < 4.78 is 5.25. The molecule has 18 heavy (non-hydrogen) atoms. The summed E-state index contributed by atoms with van der Waals surface area (Å²) in [6, 6.07) is 10.4. The number of hydrogen-bond donors (Lipinski definition) is 1. The van der Waals surface area contributed by atoms with E-state index in [9.17, 15) is 10.1 Å². The fourth-order valence-electron chi connectivity index (χ4n) is 1.80. The summed E-state index contributed by atoms with van der Waals surface area (Å²) in [5.74, 6) is 0.855. The van der Waals surface area contributed by atoms with Crippen molar-refractivity contribution in [3.05, 3.63) is 58.5 Å². The molecule has 0 aliphatic rings. The molecule has 5 heteroatoms. The topological polar surface area (TPSA) is 68.3 Å². The molecule has 2 rings (SSSR count). The Morgan fingerprint density at radius 3 is 2.78 bits per heavy atom. The fraction of sp³-hybridized carbons (Fsp3) is 0.231. The standard InChI is InChI=1S/C13H14N2O3/c1-10(9-11-5-4-8-18-11)14-12-6-2-3-7-13(12)15(16)17/h2-8,10,14H,9H2,1H3. The van der Waals surface area contributed by atoms with E-state index in [1.165, 1.54) is 6.07 Å². The first kappa shape index (κ1) is 12.2. The Morgan fingerprint density at radius 2 is 2.11 bits per heavy atom. The molecule has 0 spiro atoms. The number of hydrogen-bond acceptors (Lipinski definition) is 4. The molecule has 1 heterocycles. The van der Waals surface area contributed by atoms with Crippen LogP contribution in [0.3, 0.4) is 0 Å². The van der Waals surface area contributed by atoms with Crippen LogP contribution in [0.25, 0.3) is 0 Å². The summed E-state index contributed by atoms with van der Waals surface area (Å²) in [4.78, 5) is 10.5. The first-order valence-corrected chi connectivity index (χ1v) is 5.69. The minimum Gasteiger partial charge on any atom is -0.469 e. The molecular formula is C13H14N2O3. The third-order valence-corrected chi connectivity index (χ3v) is 2.59. The summed E-state index contributed by atoms with van der Waals surface area (Å²) in [7, 11) is 0. The van der Waals surface area contributed by atoms with Gasteiger partial charge in [-0.15, -0.1) is 0 Å². The third-order valence-electron chi connectivity index (χ3n) is 2.59. The van der Waals surface area contributed by atoms with Gasteiger partial charge in [-0.1, -0.05) is 12.1 Å². The lowest BCUT2D eigenvalue weighted by Gasteiger charge is -2.13. The van der Waals surface area contributed by atoms with E-state index in [-0.39, 0.29) is 16.7 Å². The third kappa shape index (κ3) is 2.88. The highest BCUT2D eigenvalue weighted by Gasteiger charge is 2.14. The van der Waals surface area contributed by atoms with Crippen molar-refractivity contribution in [1.29, 1.82) is 0 Å². The molecule has 0 aliphatic heterocycles. The normalized spacial score (nSPS) is 12.1. The van der Waals surface area contributed by atoms with E-state index in [0.717, 1.165) is 5.76 Å². The van der Waals surface area contributed by atoms with Gasteiger partial charge >= 0.3 is 0 Å². The second kappa shape index (κ2) is 5.35. The van der Waals surface area contributed by atoms with Crippen LogP contribution in [0.2, 0.25) is 0 Å². The van der Waals surface area contributed by atoms with E-state index >= 15 is 0 Å². The van der Waals surface area contributed by atoms with Gasteiger partial charge in [0.15, 0.2) is 0 Å². The lowest BCUT2D eigenvalue weighted by atomic mass is 10.1. The maximum Gasteiger partial charge on any atom is 0.292 e. The van der Waals surface area contributed by atoms with Gasteiger partial charge in [0, 0.05) is 18.5 Å². The van der Waals surface area contributed by atoms with Crippen molar-refractivity contribution in [2.75, 3.05) is 5.32 Å². The van der Waals surface area contributed by atoms with Gasteiger partial charge in [-0.05, 0) is 25.1 Å². The van der Waals surface area contributed by atoms with Crippen LogP contribution < -0.4 is 5.32 Å². The quantitative estimate of drug-likeness (QED) is 0.649. The highest BCUT2D eigenvalue weighted by atomic mass is 16.6. The first-order chi connectivity index (χ1) is 8.66. The Hall–Kier alpha value is -2.30. The number of nitro groups is 1. The van der Waals surface area contributed by atoms with E-state index in [1.807, 2.05) is 19.1 Å². The van der Waals surface area contributed by atoms with Crippen molar-refractivity contribution in [2.45, 2.75) is 19.4 Å². The van der Waals surface area contributed by atoms with Crippen LogP contribution in [-0.2, 0) is 6.42 Å². The zero-order valence-electron chi connectivity index (χ0n) is 10.00. The van der Waals surface area contributed by atoms with Crippen LogP contribution in [0.5, 0.6) is 0 Å². The van der Waals surface area contributed by atoms with Gasteiger partial charge in [0.25, 0.3) is 5.69 Å². The molecule has 0 fully saturated rings. The van der Waals surface area contributed by atoms with Gasteiger partial charge in [0.1, 0.15) is 11.4 Å². The minimum atomic E-state index is -0.387. The lowest BCUT2D eigenvalue weighted by molar-refractivity contribution is -0.384. The second-order valence-corrected chi connectivity index (χ2v) is 4.10. The van der Waals surface area contributed by atoms with Crippen molar-refractivity contribution in [3.8, 4) is 0 Å². The average molecular weight is 246 g/mol. The highest BCUT2D eigenvalue weighted by molar-refractivity contribution is 5.61. The van der Waals surface area contributed by atoms with Crippen LogP contribution in [0, 0.1) is 10.1 Å². The van der Waals surface area contributed by atoms with Crippen molar-refractivity contribution >= 4 is 11.4 Å². The number of benzene rings is 1. The van der Waals surface area contributed by atoms with Gasteiger partial charge in [0.05, 0.1) is 11.2 Å². The number of furan rings is 1. The van der Waals surface area contributed by atoms with E-state index in [4.69, 9.17) is 4.42 Å². The van der Waals surface area contributed by atoms with Crippen LogP contribution in [-0.4, -0.2) is 11.0 Å². The molecule has 1 atom stereocenters. The van der Waals surface area contributed by atoms with Gasteiger partial charge in [-0.25, -0.2) is 0 Å². The number of anilines is 1. The SMILES string of the molecule is CC(Cc1ccco1)Nc1ccccc1[N+](=O)[O-]. The van der Waals surface area contributed by atoms with Crippen molar-refractivity contribution in [2.24, 2.45) is 0 Å². The maximum atomic E-state index is 10.9. The second-order valence-electron chi connectivity index (χ2n) is 4.10. The van der Waals surface area contributed by atoms with Crippen LogP contribution in [0.1, 0.15) is 12.7 Å². The Morgan fingerprint density at radius 1 is 1.33 bits per heavy atom. The predicted molar refractivity (Wildman–Crippen MR) is 68.6 cm³/mol. The summed E-state index contributed by atoms with van der Waals surface area (Å²) in [5, 5.41) is 14.0. The molecule has 94 valence electrons. The molecule has 0 amide bonds. The Balaban J connectivity index is 2.07. The summed E-state index contributed by atoms with van der Waals surface area (Å²) >= 11 is 0. The molecule has 1 aromatic heterocycles. The Bertz CT molecular complexity index is 523. The number of nitrogens with one attached hydrogen (secondary N) is 1. The van der Waals surface area contributed by atoms with Crippen LogP contribution in [0.4, 0.5) is 11.4 Å². The summed E-state index contributed by atoms with van der Waals surface area (Å²) in [6.45, 7) is 1.96. The van der Waals surface area contributed by atoms with Gasteiger partial charge < -0.3 is 9.73 Å². The fourth-order valence-corrected chi connectivity index (χ4v) is 1.80. The Kier molecular flexibility index (Phi) is 3.62. The van der Waals surface area contributed by atoms with Gasteiger partial charge in [-0.3, -0.25) is 10.1 Å². The molecule has 0 aliphatic carbocycles. The molecule has 5 nitrogen and oxygen atoms in total. The molecule has 1 N–H and O–H groups in total. The Labute approximate surface area is 105 Å². The van der Waals surface area contributed by atoms with Crippen LogP contribution in [0.15, 0.2) is 47.1 Å². The van der Waals surface area contributed by atoms with E-state index in [0.29, 0.717) is 12.1 Å². The number of nitrogens with zero attached hydrogens (tertiary/aromatic N) is 1. The van der Waals surface area contributed by atoms with Crippen LogP contribution >= 0.6 is 0 Å². The molecular weight excluding hydrogens is 232 g/mol. The van der Waals surface area contributed by atoms with Crippen molar-refractivity contribution in [3.63, 3.8) is 0 Å². The van der Waals surface area contributed by atoms with E-state index < -0.39 is 0 Å². The van der Waals surface area contributed by atoms with Crippen molar-refractivity contribution in [1.82, 2.24) is 0 Å². The number of nitro benzene ring substituents is 1. The van der Waals surface area contributed by atoms with Gasteiger partial charge in [0.2, 0.25) is 0 Å². The average Bonchev–Trinajstić information content (AvgIpc) is 2.82. The summed E-state index contributed by atoms with van der Waals surface area (Å²) in [6.07, 6.45) is 2.30. The molecule has 0 saturated heterocycles. The monoisotopic (exact) mass is 246 g/mol. The first-order valence-electron chi connectivity index (χ1n) is 5.69. The largest absolute Gasteiger partial charge is 0.469 e. The zero-order valence-corrected chi connectivity index (χ0v) is 10.00. The smallest absolute Gasteiger partial charge is 0.292 e. The molecule has 2 aromatic rings. The highest BCUT2D eigenvalue weighted by Crippen LogP contribution is 2.24. The minimum absolute atomic E-state index is 0.0530. The molecule has 0 radical (unpaired) electrons. The molecule has 1 aromatic carbocycles. The molecule has 1 unspecified atom stereocenters. The van der Waals surface area contributed by atoms with E-state index in [2.05, 4.69) is 5.32 Å². The molecule has 0 saturated carbocycles. The van der Waals surface area contributed by atoms with Crippen molar-refractivity contribution < 1.29 is 9.34 Å². The number of para-hydroxylation sites is 2. The predicted octanol–water partition coefficient (Wildman–Crippen LogP) is 3.23. The lowest BCUT2D eigenvalue weighted by Crippen LogP contribution is -2.18. The zero-order chi connectivity index (χ0) is 13.0. The summed E-state index contributed by atoms with van der Waals surface area (Å²) in [5.41, 5.74) is 0.616. The number of rotatable bonds is 5. The van der Waals surface area contributed by atoms with E-state index in [1.54, 1.807) is 24.5 Å². The maximum absolute atomic E-state index is 10.9.